The molecule has 0 heterocycles. The Morgan fingerprint density at radius 3 is 2.77 bits per heavy atom. The van der Waals surface area contributed by atoms with Gasteiger partial charge in [-0.05, 0) is 6.92 Å². The molecule has 5 nitrogen and oxygen atoms in total. The molecule has 1 atom stereocenters. The first-order chi connectivity index (χ1) is 6.61. The molecule has 0 bridgehead atoms. The lowest BCUT2D eigenvalue weighted by atomic mass is 10.3. The Morgan fingerprint density at radius 1 is 1.62 bits per heavy atom. The molecule has 0 aliphatic rings. The third kappa shape index (κ3) is 5.19. The summed E-state index contributed by atoms with van der Waals surface area (Å²) in [5, 5.41) is 2.38. The smallest absolute Gasteiger partial charge is 0.331 e. The molecule has 1 N–H and O–H groups in total. The SMILES string of the molecule is [2H]COC[C@H](NC(C)=O)C(=O)OCC. The lowest BCUT2D eigenvalue weighted by Crippen LogP contribution is -2.43. The number of nitrogens with one attached hydrogen (secondary N) is 1. The fourth-order valence-corrected chi connectivity index (χ4v) is 0.775. The van der Waals surface area contributed by atoms with Crippen LogP contribution in [0, 0.1) is 0 Å². The van der Waals surface area contributed by atoms with E-state index in [4.69, 9.17) is 10.8 Å². The van der Waals surface area contributed by atoms with Gasteiger partial charge in [0.1, 0.15) is 0 Å². The lowest BCUT2D eigenvalue weighted by molar-refractivity contribution is -0.148. The highest BCUT2D eigenvalue weighted by atomic mass is 16.5. The average Bonchev–Trinajstić information content (AvgIpc) is 2.12. The molecular weight excluding hydrogens is 174 g/mol. The van der Waals surface area contributed by atoms with Crippen LogP contribution in [0.5, 0.6) is 0 Å². The van der Waals surface area contributed by atoms with Crippen molar-refractivity contribution >= 4 is 11.9 Å². The average molecular weight is 190 g/mol. The maximum atomic E-state index is 11.2. The molecule has 1 amide bonds. The van der Waals surface area contributed by atoms with Gasteiger partial charge in [-0.15, -0.1) is 0 Å². The molecule has 0 spiro atoms. The molecule has 76 valence electrons. The quantitative estimate of drug-likeness (QED) is 0.604. The van der Waals surface area contributed by atoms with E-state index in [0.717, 1.165) is 0 Å². The Balaban J connectivity index is 4.08. The number of carbonyl (C=O) groups is 2. The van der Waals surface area contributed by atoms with Gasteiger partial charge >= 0.3 is 5.97 Å². The van der Waals surface area contributed by atoms with Gasteiger partial charge in [-0.1, -0.05) is 0 Å². The Kier molecular flexibility index (Phi) is 4.93. The summed E-state index contributed by atoms with van der Waals surface area (Å²) < 4.78 is 16.2. The summed E-state index contributed by atoms with van der Waals surface area (Å²) in [6, 6.07) is -0.821. The number of carbonyl (C=O) groups excluding carboxylic acids is 2. The van der Waals surface area contributed by atoms with Crippen LogP contribution in [-0.4, -0.2) is 38.2 Å². The predicted molar refractivity (Wildman–Crippen MR) is 46.1 cm³/mol. The predicted octanol–water partition coefficient (Wildman–Crippen LogP) is -0.299. The molecule has 5 heteroatoms. The van der Waals surface area contributed by atoms with Crippen molar-refractivity contribution < 1.29 is 20.4 Å². The molecule has 0 aromatic rings. The van der Waals surface area contributed by atoms with E-state index in [-0.39, 0.29) is 26.2 Å². The van der Waals surface area contributed by atoms with Crippen LogP contribution in [-0.2, 0) is 19.1 Å². The fourth-order valence-electron chi connectivity index (χ4n) is 0.775. The molecule has 0 fully saturated rings. The summed E-state index contributed by atoms with van der Waals surface area (Å²) >= 11 is 0. The van der Waals surface area contributed by atoms with E-state index in [1.165, 1.54) is 6.92 Å². The van der Waals surface area contributed by atoms with Gasteiger partial charge in [-0.25, -0.2) is 4.79 Å². The van der Waals surface area contributed by atoms with Gasteiger partial charge in [0.05, 0.1) is 14.6 Å². The van der Waals surface area contributed by atoms with E-state index in [0.29, 0.717) is 0 Å². The second-order valence-electron chi connectivity index (χ2n) is 2.38. The van der Waals surface area contributed by atoms with E-state index in [2.05, 4.69) is 5.32 Å². The number of hydrogen-bond donors (Lipinski definition) is 1. The van der Waals surface area contributed by atoms with Crippen molar-refractivity contribution in [3.05, 3.63) is 0 Å². The summed E-state index contributed by atoms with van der Waals surface area (Å²) in [6.45, 7) is 3.18. The minimum Gasteiger partial charge on any atom is -0.464 e. The lowest BCUT2D eigenvalue weighted by Gasteiger charge is -2.14. The van der Waals surface area contributed by atoms with Crippen LogP contribution in [0.15, 0.2) is 0 Å². The third-order valence-corrected chi connectivity index (χ3v) is 1.23. The summed E-state index contributed by atoms with van der Waals surface area (Å²) in [6.07, 6.45) is 0. The minimum atomic E-state index is -0.821. The van der Waals surface area contributed by atoms with Gasteiger partial charge in [0, 0.05) is 14.0 Å². The zero-order valence-electron chi connectivity index (χ0n) is 8.83. The van der Waals surface area contributed by atoms with Crippen molar-refractivity contribution in [3.8, 4) is 0 Å². The second kappa shape index (κ2) is 6.42. The summed E-state index contributed by atoms with van der Waals surface area (Å²) in [7, 11) is -0.254. The van der Waals surface area contributed by atoms with Gasteiger partial charge in [-0.2, -0.15) is 0 Å². The summed E-state index contributed by atoms with van der Waals surface area (Å²) in [5.41, 5.74) is 0. The number of esters is 1. The first-order valence-electron chi connectivity index (χ1n) is 4.63. The van der Waals surface area contributed by atoms with Gasteiger partial charge in [0.25, 0.3) is 0 Å². The zero-order chi connectivity index (χ0) is 11.0. The molecule has 0 radical (unpaired) electrons. The second-order valence-corrected chi connectivity index (χ2v) is 2.38. The molecule has 0 aliphatic carbocycles. The molecule has 13 heavy (non-hydrogen) atoms. The topological polar surface area (TPSA) is 64.6 Å². The van der Waals surface area contributed by atoms with Gasteiger partial charge < -0.3 is 14.8 Å². The van der Waals surface area contributed by atoms with Crippen LogP contribution in [0.1, 0.15) is 15.2 Å². The summed E-state index contributed by atoms with van der Waals surface area (Å²) in [4.78, 5) is 21.9. The Hall–Kier alpha value is -1.10. The van der Waals surface area contributed by atoms with Crippen molar-refractivity contribution in [3.63, 3.8) is 0 Å². The number of rotatable bonds is 5. The van der Waals surface area contributed by atoms with Crippen molar-refractivity contribution in [1.29, 1.82) is 0 Å². The van der Waals surface area contributed by atoms with Crippen LogP contribution in [0.2, 0.25) is 0 Å². The van der Waals surface area contributed by atoms with Gasteiger partial charge in [-0.3, -0.25) is 4.79 Å². The highest BCUT2D eigenvalue weighted by Crippen LogP contribution is 1.90. The maximum Gasteiger partial charge on any atom is 0.331 e. The number of methoxy groups -OCH3 is 1. The van der Waals surface area contributed by atoms with Crippen molar-refractivity contribution in [2.75, 3.05) is 20.3 Å². The van der Waals surface area contributed by atoms with Crippen LogP contribution in [0.25, 0.3) is 0 Å². The van der Waals surface area contributed by atoms with E-state index in [1.807, 2.05) is 0 Å². The highest BCUT2D eigenvalue weighted by molar-refractivity contribution is 5.83. The Morgan fingerprint density at radius 2 is 2.31 bits per heavy atom. The molecule has 0 saturated heterocycles. The first-order valence-corrected chi connectivity index (χ1v) is 3.92. The standard InChI is InChI=1S/C8H15NO4/c1-4-13-8(11)7(5-12-3)9-6(2)10/h7H,4-5H2,1-3H3,(H,9,10)/t7-/m0/s1/i3D. The molecule has 0 saturated carbocycles. The van der Waals surface area contributed by atoms with E-state index in [1.54, 1.807) is 6.92 Å². The number of amides is 1. The highest BCUT2D eigenvalue weighted by Gasteiger charge is 2.19. The maximum absolute atomic E-state index is 11.2. The van der Waals surface area contributed by atoms with Crippen molar-refractivity contribution in [1.82, 2.24) is 5.32 Å². The molecule has 0 rings (SSSR count). The molecule has 0 aromatic carbocycles. The van der Waals surface area contributed by atoms with Crippen molar-refractivity contribution in [2.45, 2.75) is 19.9 Å². The van der Waals surface area contributed by atoms with Gasteiger partial charge in [0.2, 0.25) is 5.91 Å². The summed E-state index contributed by atoms with van der Waals surface area (Å²) in [5.74, 6) is -0.882. The van der Waals surface area contributed by atoms with E-state index >= 15 is 0 Å². The zero-order valence-corrected chi connectivity index (χ0v) is 7.83. The van der Waals surface area contributed by atoms with Crippen LogP contribution in [0.3, 0.4) is 0 Å². The van der Waals surface area contributed by atoms with Gasteiger partial charge in [0.15, 0.2) is 6.04 Å². The third-order valence-electron chi connectivity index (χ3n) is 1.23. The first kappa shape index (κ1) is 9.98. The van der Waals surface area contributed by atoms with Crippen LogP contribution in [0.4, 0.5) is 0 Å². The number of hydrogen-bond acceptors (Lipinski definition) is 4. The largest absolute Gasteiger partial charge is 0.464 e. The molecular formula is C8H15NO4. The monoisotopic (exact) mass is 190 g/mol. The van der Waals surface area contributed by atoms with Crippen LogP contribution >= 0.6 is 0 Å². The van der Waals surface area contributed by atoms with E-state index in [9.17, 15) is 9.59 Å². The Bertz CT molecular complexity index is 198. The van der Waals surface area contributed by atoms with Crippen LogP contribution < -0.4 is 5.32 Å². The minimum absolute atomic E-state index is 0.0398. The van der Waals surface area contributed by atoms with Crippen molar-refractivity contribution in [2.24, 2.45) is 0 Å². The normalized spacial score (nSPS) is 12.9. The van der Waals surface area contributed by atoms with E-state index < -0.39 is 12.0 Å². The Labute approximate surface area is 78.8 Å². The number of ether oxygens (including phenoxy) is 2. The molecule has 0 unspecified atom stereocenters. The fraction of sp³-hybridized carbons (Fsp3) is 0.750. The molecule has 0 aromatic heterocycles. The molecule has 0 aliphatic heterocycles.